The van der Waals surface area contributed by atoms with Gasteiger partial charge in [0.05, 0.1) is 18.0 Å². The van der Waals surface area contributed by atoms with E-state index in [0.717, 1.165) is 4.31 Å². The second-order valence-corrected chi connectivity index (χ2v) is 6.28. The first-order valence-corrected chi connectivity index (χ1v) is 7.95. The molecule has 0 saturated heterocycles. The van der Waals surface area contributed by atoms with E-state index in [2.05, 4.69) is 10.2 Å². The Bertz CT molecular complexity index is 546. The van der Waals surface area contributed by atoms with Crippen LogP contribution < -0.4 is 0 Å². The van der Waals surface area contributed by atoms with Crippen LogP contribution in [0.5, 0.6) is 0 Å². The molecule has 8 heteroatoms. The predicted octanol–water partition coefficient (Wildman–Crippen LogP) is 0.990. The van der Waals surface area contributed by atoms with Crippen LogP contribution in [0.2, 0.25) is 0 Å². The molecule has 1 aromatic rings. The van der Waals surface area contributed by atoms with Crippen LogP contribution in [0.25, 0.3) is 0 Å². The zero-order chi connectivity index (χ0) is 15.3. The molecular weight excluding hydrogens is 282 g/mol. The molecule has 1 heterocycles. The van der Waals surface area contributed by atoms with Gasteiger partial charge in [0.1, 0.15) is 11.4 Å². The Hall–Kier alpha value is -1.41. The molecule has 0 atom stereocenters. The number of nitrogens with zero attached hydrogens (tertiary/aromatic N) is 2. The van der Waals surface area contributed by atoms with Crippen molar-refractivity contribution < 1.29 is 17.9 Å². The molecule has 0 saturated carbocycles. The van der Waals surface area contributed by atoms with Crippen LogP contribution in [0, 0.1) is 13.8 Å². The molecule has 0 aliphatic rings. The number of rotatable bonds is 7. The maximum absolute atomic E-state index is 12.6. The summed E-state index contributed by atoms with van der Waals surface area (Å²) in [5.74, 6) is -0.552. The number of esters is 1. The number of hydrogen-bond acceptors (Lipinski definition) is 5. The molecule has 0 aliphatic carbocycles. The molecule has 20 heavy (non-hydrogen) atoms. The zero-order valence-corrected chi connectivity index (χ0v) is 13.1. The number of hydrogen-bond donors (Lipinski definition) is 1. The maximum atomic E-state index is 12.6. The van der Waals surface area contributed by atoms with Gasteiger partial charge in [-0.05, 0) is 27.2 Å². The molecule has 0 amide bonds. The monoisotopic (exact) mass is 303 g/mol. The van der Waals surface area contributed by atoms with E-state index in [-0.39, 0.29) is 24.6 Å². The van der Waals surface area contributed by atoms with Crippen molar-refractivity contribution >= 4 is 16.0 Å². The van der Waals surface area contributed by atoms with Crippen molar-refractivity contribution in [2.24, 2.45) is 0 Å². The lowest BCUT2D eigenvalue weighted by Gasteiger charge is -2.20. The fraction of sp³-hybridized carbons (Fsp3) is 0.667. The maximum Gasteiger partial charge on any atom is 0.321 e. The second kappa shape index (κ2) is 6.85. The van der Waals surface area contributed by atoms with Crippen LogP contribution in [0.1, 0.15) is 31.7 Å². The fourth-order valence-corrected chi connectivity index (χ4v) is 3.74. The predicted molar refractivity (Wildman–Crippen MR) is 73.7 cm³/mol. The third-order valence-electron chi connectivity index (χ3n) is 2.74. The summed E-state index contributed by atoms with van der Waals surface area (Å²) in [7, 11) is -3.76. The highest BCUT2D eigenvalue weighted by Gasteiger charge is 2.30. The van der Waals surface area contributed by atoms with Gasteiger partial charge in [0.2, 0.25) is 10.0 Å². The summed E-state index contributed by atoms with van der Waals surface area (Å²) in [4.78, 5) is 11.7. The van der Waals surface area contributed by atoms with Crippen molar-refractivity contribution in [2.45, 2.75) is 39.0 Å². The Morgan fingerprint density at radius 1 is 1.35 bits per heavy atom. The molecule has 0 aromatic carbocycles. The number of aromatic nitrogens is 2. The Morgan fingerprint density at radius 2 is 2.00 bits per heavy atom. The molecule has 0 unspecified atom stereocenters. The molecule has 0 spiro atoms. The average molecular weight is 303 g/mol. The minimum atomic E-state index is -3.76. The quantitative estimate of drug-likeness (QED) is 0.758. The van der Waals surface area contributed by atoms with Gasteiger partial charge in [0, 0.05) is 6.54 Å². The van der Waals surface area contributed by atoms with Crippen molar-refractivity contribution in [1.29, 1.82) is 0 Å². The lowest BCUT2D eigenvalue weighted by Crippen LogP contribution is -2.37. The van der Waals surface area contributed by atoms with Crippen LogP contribution in [0.15, 0.2) is 4.90 Å². The number of aromatic amines is 1. The third kappa shape index (κ3) is 3.57. The largest absolute Gasteiger partial charge is 0.465 e. The van der Waals surface area contributed by atoms with Gasteiger partial charge in [-0.3, -0.25) is 9.89 Å². The minimum Gasteiger partial charge on any atom is -0.465 e. The van der Waals surface area contributed by atoms with Crippen molar-refractivity contribution in [2.75, 3.05) is 19.7 Å². The molecule has 0 fully saturated rings. The van der Waals surface area contributed by atoms with E-state index in [1.165, 1.54) is 0 Å². The smallest absolute Gasteiger partial charge is 0.321 e. The van der Waals surface area contributed by atoms with E-state index in [4.69, 9.17) is 4.74 Å². The van der Waals surface area contributed by atoms with Crippen LogP contribution in [-0.2, 0) is 19.6 Å². The van der Waals surface area contributed by atoms with E-state index < -0.39 is 16.0 Å². The molecule has 1 aromatic heterocycles. The highest BCUT2D eigenvalue weighted by atomic mass is 32.2. The Kier molecular flexibility index (Phi) is 5.70. The SMILES string of the molecule is CCCN(CC(=O)OCC)S(=O)(=O)c1c(C)n[nH]c1C. The van der Waals surface area contributed by atoms with E-state index in [0.29, 0.717) is 17.8 Å². The first-order chi connectivity index (χ1) is 9.34. The van der Waals surface area contributed by atoms with Gasteiger partial charge in [0.15, 0.2) is 0 Å². The topological polar surface area (TPSA) is 92.4 Å². The van der Waals surface area contributed by atoms with E-state index in [1.54, 1.807) is 20.8 Å². The molecule has 1 N–H and O–H groups in total. The number of nitrogens with one attached hydrogen (secondary N) is 1. The summed E-state index contributed by atoms with van der Waals surface area (Å²) in [6, 6.07) is 0. The van der Waals surface area contributed by atoms with Gasteiger partial charge < -0.3 is 4.74 Å². The summed E-state index contributed by atoms with van der Waals surface area (Å²) in [6.45, 7) is 6.98. The van der Waals surface area contributed by atoms with Gasteiger partial charge >= 0.3 is 5.97 Å². The van der Waals surface area contributed by atoms with E-state index >= 15 is 0 Å². The molecule has 0 bridgehead atoms. The lowest BCUT2D eigenvalue weighted by molar-refractivity contribution is -0.143. The highest BCUT2D eigenvalue weighted by molar-refractivity contribution is 7.89. The van der Waals surface area contributed by atoms with Gasteiger partial charge in [-0.1, -0.05) is 6.92 Å². The number of aryl methyl sites for hydroxylation is 2. The summed E-state index contributed by atoms with van der Waals surface area (Å²) < 4.78 is 31.2. The van der Waals surface area contributed by atoms with Crippen LogP contribution in [-0.4, -0.2) is 48.6 Å². The zero-order valence-electron chi connectivity index (χ0n) is 12.3. The van der Waals surface area contributed by atoms with Crippen molar-refractivity contribution in [3.05, 3.63) is 11.4 Å². The molecular formula is C12H21N3O4S. The molecule has 1 rings (SSSR count). The molecule has 0 radical (unpaired) electrons. The first kappa shape index (κ1) is 16.6. The number of carbonyl (C=O) groups excluding carboxylic acids is 1. The summed E-state index contributed by atoms with van der Waals surface area (Å²) in [5, 5.41) is 6.54. The standard InChI is InChI=1S/C12H21N3O4S/c1-5-7-15(8-11(16)19-6-2)20(17,18)12-9(3)13-14-10(12)4/h5-8H2,1-4H3,(H,13,14). The summed E-state index contributed by atoms with van der Waals surface area (Å²) >= 11 is 0. The minimum absolute atomic E-state index is 0.134. The molecule has 114 valence electrons. The number of ether oxygens (including phenoxy) is 1. The van der Waals surface area contributed by atoms with Gasteiger partial charge in [0.25, 0.3) is 0 Å². The van der Waals surface area contributed by atoms with Crippen LogP contribution in [0.4, 0.5) is 0 Å². The average Bonchev–Trinajstić information content (AvgIpc) is 2.69. The van der Waals surface area contributed by atoms with Crippen LogP contribution >= 0.6 is 0 Å². The number of H-pyrrole nitrogens is 1. The van der Waals surface area contributed by atoms with Crippen molar-refractivity contribution in [3.8, 4) is 0 Å². The summed E-state index contributed by atoms with van der Waals surface area (Å²) in [6.07, 6.45) is 0.606. The normalized spacial score (nSPS) is 11.8. The Labute approximate surface area is 119 Å². The molecule has 7 nitrogen and oxygen atoms in total. The number of carbonyl (C=O) groups is 1. The van der Waals surface area contributed by atoms with E-state index in [1.807, 2.05) is 6.92 Å². The van der Waals surface area contributed by atoms with Crippen LogP contribution in [0.3, 0.4) is 0 Å². The van der Waals surface area contributed by atoms with Crippen molar-refractivity contribution in [3.63, 3.8) is 0 Å². The third-order valence-corrected chi connectivity index (χ3v) is 4.85. The van der Waals surface area contributed by atoms with Gasteiger partial charge in [-0.25, -0.2) is 8.42 Å². The fourth-order valence-electron chi connectivity index (χ4n) is 1.93. The first-order valence-electron chi connectivity index (χ1n) is 6.51. The molecule has 0 aliphatic heterocycles. The number of sulfonamides is 1. The Morgan fingerprint density at radius 3 is 2.45 bits per heavy atom. The second-order valence-electron chi connectivity index (χ2n) is 4.41. The van der Waals surface area contributed by atoms with Crippen molar-refractivity contribution in [1.82, 2.24) is 14.5 Å². The van der Waals surface area contributed by atoms with Gasteiger partial charge in [-0.2, -0.15) is 9.40 Å². The lowest BCUT2D eigenvalue weighted by atomic mass is 10.4. The summed E-state index contributed by atoms with van der Waals surface area (Å²) in [5.41, 5.74) is 0.861. The van der Waals surface area contributed by atoms with E-state index in [9.17, 15) is 13.2 Å². The highest BCUT2D eigenvalue weighted by Crippen LogP contribution is 2.21. The Balaban J connectivity index is 3.10. The van der Waals surface area contributed by atoms with Gasteiger partial charge in [-0.15, -0.1) is 0 Å².